The van der Waals surface area contributed by atoms with E-state index in [2.05, 4.69) is 17.2 Å². The lowest BCUT2D eigenvalue weighted by Gasteiger charge is -2.11. The van der Waals surface area contributed by atoms with Crippen molar-refractivity contribution < 1.29 is 19.7 Å². The molecule has 1 amide bonds. The lowest BCUT2D eigenvalue weighted by atomic mass is 10.1. The van der Waals surface area contributed by atoms with Gasteiger partial charge in [-0.1, -0.05) is 24.9 Å². The molecule has 2 aromatic rings. The van der Waals surface area contributed by atoms with E-state index in [1.54, 1.807) is 18.2 Å². The number of nitrogens with zero attached hydrogens (tertiary/aromatic N) is 1. The van der Waals surface area contributed by atoms with Crippen LogP contribution in [0.25, 0.3) is 10.8 Å². The van der Waals surface area contributed by atoms with Crippen molar-refractivity contribution in [3.63, 3.8) is 0 Å². The van der Waals surface area contributed by atoms with Crippen molar-refractivity contribution in [3.8, 4) is 11.5 Å². The van der Waals surface area contributed by atoms with E-state index in [4.69, 9.17) is 21.4 Å². The van der Waals surface area contributed by atoms with Gasteiger partial charge in [0, 0.05) is 17.3 Å². The fourth-order valence-corrected chi connectivity index (χ4v) is 2.32. The van der Waals surface area contributed by atoms with Gasteiger partial charge in [-0.25, -0.2) is 4.98 Å². The van der Waals surface area contributed by atoms with Gasteiger partial charge in [0.05, 0.1) is 13.2 Å². The van der Waals surface area contributed by atoms with Crippen LogP contribution in [0, 0.1) is 0 Å². The van der Waals surface area contributed by atoms with Crippen molar-refractivity contribution in [1.82, 2.24) is 10.3 Å². The SMILES string of the molecule is CCCCOc1ccc2c(O)c(C(=O)NCCO)nc(Cl)c2c1. The molecule has 7 heteroatoms. The molecule has 0 aliphatic heterocycles. The average molecular weight is 339 g/mol. The maximum absolute atomic E-state index is 11.9. The Kier molecular flexibility index (Phi) is 6.01. The summed E-state index contributed by atoms with van der Waals surface area (Å²) in [6.45, 7) is 2.54. The van der Waals surface area contributed by atoms with E-state index in [0.717, 1.165) is 12.8 Å². The first-order valence-corrected chi connectivity index (χ1v) is 7.80. The lowest BCUT2D eigenvalue weighted by Crippen LogP contribution is -2.27. The quantitative estimate of drug-likeness (QED) is 0.533. The average Bonchev–Trinajstić information content (AvgIpc) is 2.56. The highest BCUT2D eigenvalue weighted by atomic mass is 35.5. The largest absolute Gasteiger partial charge is 0.505 e. The predicted molar refractivity (Wildman–Crippen MR) is 88.2 cm³/mol. The first kappa shape index (κ1) is 17.3. The number of carbonyl (C=O) groups is 1. The standard InChI is InChI=1S/C16H19ClN2O4/c1-2-3-8-23-10-4-5-11-12(9-10)15(17)19-13(14(11)21)16(22)18-6-7-20/h4-5,9,20-21H,2-3,6-8H2,1H3,(H,18,22). The molecule has 3 N–H and O–H groups in total. The smallest absolute Gasteiger partial charge is 0.273 e. The van der Waals surface area contributed by atoms with Gasteiger partial charge in [-0.2, -0.15) is 0 Å². The minimum absolute atomic E-state index is 0.0693. The molecule has 0 spiro atoms. The Balaban J connectivity index is 2.35. The molecule has 6 nitrogen and oxygen atoms in total. The highest BCUT2D eigenvalue weighted by molar-refractivity contribution is 6.35. The van der Waals surface area contributed by atoms with Crippen LogP contribution in [0.5, 0.6) is 11.5 Å². The molecule has 0 saturated heterocycles. The van der Waals surface area contributed by atoms with E-state index in [-0.39, 0.29) is 29.7 Å². The van der Waals surface area contributed by atoms with Gasteiger partial charge in [-0.3, -0.25) is 4.79 Å². The molecule has 1 aromatic heterocycles. The summed E-state index contributed by atoms with van der Waals surface area (Å²) < 4.78 is 5.61. The van der Waals surface area contributed by atoms with Crippen molar-refractivity contribution in [2.24, 2.45) is 0 Å². The Morgan fingerprint density at radius 1 is 1.39 bits per heavy atom. The van der Waals surface area contributed by atoms with Gasteiger partial charge in [-0.15, -0.1) is 0 Å². The zero-order chi connectivity index (χ0) is 16.8. The molecule has 2 rings (SSSR count). The van der Waals surface area contributed by atoms with Gasteiger partial charge in [-0.05, 0) is 24.6 Å². The number of amides is 1. The summed E-state index contributed by atoms with van der Waals surface area (Å²) in [5.74, 6) is -0.213. The number of fused-ring (bicyclic) bond motifs is 1. The number of aromatic nitrogens is 1. The van der Waals surface area contributed by atoms with E-state index >= 15 is 0 Å². The van der Waals surface area contributed by atoms with Crippen molar-refractivity contribution in [1.29, 1.82) is 0 Å². The fraction of sp³-hybridized carbons (Fsp3) is 0.375. The number of carbonyl (C=O) groups excluding carboxylic acids is 1. The maximum atomic E-state index is 11.9. The molecular formula is C16H19ClN2O4. The summed E-state index contributed by atoms with van der Waals surface area (Å²) in [5.41, 5.74) is -0.171. The molecule has 0 radical (unpaired) electrons. The van der Waals surface area contributed by atoms with Crippen LogP contribution in [0.15, 0.2) is 18.2 Å². The molecule has 0 aliphatic carbocycles. The van der Waals surface area contributed by atoms with E-state index in [1.165, 1.54) is 0 Å². The normalized spacial score (nSPS) is 10.7. The number of nitrogens with one attached hydrogen (secondary N) is 1. The second kappa shape index (κ2) is 7.99. The van der Waals surface area contributed by atoms with E-state index in [0.29, 0.717) is 23.1 Å². The van der Waals surface area contributed by atoms with Gasteiger partial charge < -0.3 is 20.3 Å². The van der Waals surface area contributed by atoms with Gasteiger partial charge in [0.2, 0.25) is 0 Å². The summed E-state index contributed by atoms with van der Waals surface area (Å²) in [5, 5.41) is 22.5. The molecule has 124 valence electrons. The molecule has 23 heavy (non-hydrogen) atoms. The van der Waals surface area contributed by atoms with Gasteiger partial charge in [0.15, 0.2) is 11.4 Å². The summed E-state index contributed by atoms with van der Waals surface area (Å²) >= 11 is 6.14. The number of pyridine rings is 1. The van der Waals surface area contributed by atoms with Crippen LogP contribution < -0.4 is 10.1 Å². The van der Waals surface area contributed by atoms with Crippen LogP contribution in [0.2, 0.25) is 5.15 Å². The molecule has 0 atom stereocenters. The first-order valence-electron chi connectivity index (χ1n) is 7.42. The summed E-state index contributed by atoms with van der Waals surface area (Å²) in [7, 11) is 0. The fourth-order valence-electron chi connectivity index (χ4n) is 2.08. The van der Waals surface area contributed by atoms with E-state index in [1.807, 2.05) is 0 Å². The zero-order valence-corrected chi connectivity index (χ0v) is 13.6. The molecule has 1 heterocycles. The molecular weight excluding hydrogens is 320 g/mol. The summed E-state index contributed by atoms with van der Waals surface area (Å²) in [6.07, 6.45) is 1.97. The Morgan fingerprint density at radius 2 is 2.17 bits per heavy atom. The van der Waals surface area contributed by atoms with Gasteiger partial charge in [0.1, 0.15) is 10.9 Å². The second-order valence-electron chi connectivity index (χ2n) is 4.99. The number of halogens is 1. The number of benzene rings is 1. The Labute approximate surface area is 139 Å². The topological polar surface area (TPSA) is 91.7 Å². The number of aliphatic hydroxyl groups is 1. The number of hydrogen-bond donors (Lipinski definition) is 3. The van der Waals surface area contributed by atoms with Gasteiger partial charge >= 0.3 is 0 Å². The molecule has 0 unspecified atom stereocenters. The minimum atomic E-state index is -0.594. The van der Waals surface area contributed by atoms with Crippen LogP contribution in [0.3, 0.4) is 0 Å². The molecule has 0 fully saturated rings. The second-order valence-corrected chi connectivity index (χ2v) is 5.35. The number of rotatable bonds is 7. The Bertz CT molecular complexity index is 706. The highest BCUT2D eigenvalue weighted by Gasteiger charge is 2.18. The van der Waals surface area contributed by atoms with Crippen molar-refractivity contribution in [2.75, 3.05) is 19.8 Å². The number of unbranched alkanes of at least 4 members (excludes halogenated alkanes) is 1. The number of aliphatic hydroxyl groups excluding tert-OH is 1. The number of aromatic hydroxyl groups is 1. The molecule has 0 bridgehead atoms. The minimum Gasteiger partial charge on any atom is -0.505 e. The molecule has 1 aromatic carbocycles. The Hall–Kier alpha value is -2.05. The molecule has 0 aliphatic rings. The van der Waals surface area contributed by atoms with Crippen LogP contribution in [-0.4, -0.2) is 40.9 Å². The van der Waals surface area contributed by atoms with Crippen LogP contribution in [0.4, 0.5) is 0 Å². The van der Waals surface area contributed by atoms with Crippen LogP contribution >= 0.6 is 11.6 Å². The monoisotopic (exact) mass is 338 g/mol. The summed E-state index contributed by atoms with van der Waals surface area (Å²) in [4.78, 5) is 15.9. The van der Waals surface area contributed by atoms with Crippen LogP contribution in [0.1, 0.15) is 30.3 Å². The molecule has 0 saturated carbocycles. The van der Waals surface area contributed by atoms with Crippen molar-refractivity contribution in [3.05, 3.63) is 29.0 Å². The third kappa shape index (κ3) is 4.03. The first-order chi connectivity index (χ1) is 11.1. The van der Waals surface area contributed by atoms with Crippen LogP contribution in [-0.2, 0) is 0 Å². The van der Waals surface area contributed by atoms with E-state index < -0.39 is 5.91 Å². The van der Waals surface area contributed by atoms with E-state index in [9.17, 15) is 9.90 Å². The predicted octanol–water partition coefficient (Wildman–Crippen LogP) is 2.49. The highest BCUT2D eigenvalue weighted by Crippen LogP contribution is 2.34. The maximum Gasteiger partial charge on any atom is 0.273 e. The lowest BCUT2D eigenvalue weighted by molar-refractivity contribution is 0.0937. The van der Waals surface area contributed by atoms with Gasteiger partial charge in [0.25, 0.3) is 5.91 Å². The Morgan fingerprint density at radius 3 is 2.87 bits per heavy atom. The zero-order valence-electron chi connectivity index (χ0n) is 12.8. The number of hydrogen-bond acceptors (Lipinski definition) is 5. The van der Waals surface area contributed by atoms with Crippen molar-refractivity contribution in [2.45, 2.75) is 19.8 Å². The number of ether oxygens (including phenoxy) is 1. The van der Waals surface area contributed by atoms with Crippen molar-refractivity contribution >= 4 is 28.3 Å². The third-order valence-electron chi connectivity index (χ3n) is 3.28. The summed E-state index contributed by atoms with van der Waals surface area (Å²) in [6, 6.07) is 5.04. The third-order valence-corrected chi connectivity index (χ3v) is 3.57.